The molecule has 0 bridgehead atoms. The Balaban J connectivity index is 4.33. The van der Waals surface area contributed by atoms with Gasteiger partial charge in [0, 0.05) is 11.4 Å². The smallest absolute Gasteiger partial charge is 0.0108 e. The van der Waals surface area contributed by atoms with Gasteiger partial charge in [-0.1, -0.05) is 6.92 Å². The van der Waals surface area contributed by atoms with E-state index < -0.39 is 0 Å². The number of hydrogen-bond donors (Lipinski definition) is 2. The molecule has 0 fully saturated rings. The van der Waals surface area contributed by atoms with Gasteiger partial charge in [0.25, 0.3) is 0 Å². The van der Waals surface area contributed by atoms with Crippen molar-refractivity contribution in [1.29, 1.82) is 0 Å². The van der Waals surface area contributed by atoms with Crippen molar-refractivity contribution in [2.75, 3.05) is 0 Å². The summed E-state index contributed by atoms with van der Waals surface area (Å²) in [5.41, 5.74) is 13.9. The van der Waals surface area contributed by atoms with Crippen LogP contribution in [0.4, 0.5) is 0 Å². The highest BCUT2D eigenvalue weighted by Gasteiger charge is 1.90. The standard InChI is InChI=1S/C8H16N2/c1-4-8(10)6(2)5-7(3)9/h5H,4,9-10H2,1-3H3/b7-5+,8-6+. The molecule has 0 aromatic rings. The molecule has 10 heavy (non-hydrogen) atoms. The first-order valence-electron chi connectivity index (χ1n) is 3.47. The van der Waals surface area contributed by atoms with Crippen LogP contribution in [0.1, 0.15) is 27.2 Å². The minimum atomic E-state index is 0.800. The fourth-order valence-corrected chi connectivity index (χ4v) is 0.713. The Morgan fingerprint density at radius 3 is 2.10 bits per heavy atom. The summed E-state index contributed by atoms with van der Waals surface area (Å²) >= 11 is 0. The molecule has 0 saturated heterocycles. The average molecular weight is 140 g/mol. The lowest BCUT2D eigenvalue weighted by molar-refractivity contribution is 1.04. The average Bonchev–Trinajstić information content (AvgIpc) is 1.85. The second-order valence-corrected chi connectivity index (χ2v) is 2.45. The van der Waals surface area contributed by atoms with Crippen LogP contribution < -0.4 is 11.5 Å². The molecule has 0 aliphatic heterocycles. The maximum atomic E-state index is 5.64. The zero-order chi connectivity index (χ0) is 8.15. The summed E-state index contributed by atoms with van der Waals surface area (Å²) in [5.74, 6) is 0. The molecular formula is C8H16N2. The molecule has 0 spiro atoms. The third kappa shape index (κ3) is 3.17. The maximum Gasteiger partial charge on any atom is 0.0108 e. The lowest BCUT2D eigenvalue weighted by atomic mass is 10.2. The van der Waals surface area contributed by atoms with Crippen molar-refractivity contribution in [3.8, 4) is 0 Å². The van der Waals surface area contributed by atoms with Crippen LogP contribution in [-0.2, 0) is 0 Å². The van der Waals surface area contributed by atoms with Gasteiger partial charge in [-0.05, 0) is 31.9 Å². The Labute approximate surface area is 62.6 Å². The molecule has 0 amide bonds. The highest BCUT2D eigenvalue weighted by Crippen LogP contribution is 2.03. The first kappa shape index (κ1) is 9.08. The lowest BCUT2D eigenvalue weighted by Crippen LogP contribution is -1.99. The molecule has 2 nitrogen and oxygen atoms in total. The number of rotatable bonds is 2. The van der Waals surface area contributed by atoms with E-state index in [0.29, 0.717) is 0 Å². The molecule has 58 valence electrons. The zero-order valence-electron chi connectivity index (χ0n) is 6.94. The fourth-order valence-electron chi connectivity index (χ4n) is 0.713. The van der Waals surface area contributed by atoms with Crippen LogP contribution in [0.25, 0.3) is 0 Å². The second kappa shape index (κ2) is 3.99. The second-order valence-electron chi connectivity index (χ2n) is 2.45. The molecule has 0 rings (SSSR count). The normalized spacial score (nSPS) is 14.9. The number of allylic oxidation sites excluding steroid dienone is 4. The molecule has 0 aliphatic carbocycles. The van der Waals surface area contributed by atoms with Crippen molar-refractivity contribution < 1.29 is 0 Å². The lowest BCUT2D eigenvalue weighted by Gasteiger charge is -1.99. The molecular weight excluding hydrogens is 124 g/mol. The minimum absolute atomic E-state index is 0.800. The topological polar surface area (TPSA) is 52.0 Å². The van der Waals surface area contributed by atoms with E-state index in [1.807, 2.05) is 26.8 Å². The summed E-state index contributed by atoms with van der Waals surface area (Å²) in [6.07, 6.45) is 2.77. The summed E-state index contributed by atoms with van der Waals surface area (Å²) in [4.78, 5) is 0. The monoisotopic (exact) mass is 140 g/mol. The van der Waals surface area contributed by atoms with Gasteiger partial charge < -0.3 is 11.5 Å². The highest BCUT2D eigenvalue weighted by atomic mass is 14.6. The van der Waals surface area contributed by atoms with Crippen LogP contribution in [0.5, 0.6) is 0 Å². The van der Waals surface area contributed by atoms with Crippen molar-refractivity contribution in [3.63, 3.8) is 0 Å². The largest absolute Gasteiger partial charge is 0.402 e. The molecule has 0 atom stereocenters. The highest BCUT2D eigenvalue weighted by molar-refractivity contribution is 5.23. The Morgan fingerprint density at radius 2 is 1.80 bits per heavy atom. The minimum Gasteiger partial charge on any atom is -0.402 e. The van der Waals surface area contributed by atoms with Gasteiger partial charge in [-0.2, -0.15) is 0 Å². The van der Waals surface area contributed by atoms with Crippen LogP contribution >= 0.6 is 0 Å². The quantitative estimate of drug-likeness (QED) is 0.571. The van der Waals surface area contributed by atoms with Gasteiger partial charge in [0.1, 0.15) is 0 Å². The van der Waals surface area contributed by atoms with Crippen LogP contribution in [0.3, 0.4) is 0 Å². The van der Waals surface area contributed by atoms with Gasteiger partial charge in [0.05, 0.1) is 0 Å². The first-order valence-corrected chi connectivity index (χ1v) is 3.47. The predicted octanol–water partition coefficient (Wildman–Crippen LogP) is 1.49. The van der Waals surface area contributed by atoms with Gasteiger partial charge in [-0.15, -0.1) is 0 Å². The SMILES string of the molecule is CC/C(N)=C(C)\C=C(/C)N. The van der Waals surface area contributed by atoms with Gasteiger partial charge in [0.2, 0.25) is 0 Å². The van der Waals surface area contributed by atoms with E-state index in [4.69, 9.17) is 11.5 Å². The van der Waals surface area contributed by atoms with Crippen LogP contribution in [0.2, 0.25) is 0 Å². The first-order chi connectivity index (χ1) is 4.57. The Morgan fingerprint density at radius 1 is 1.30 bits per heavy atom. The molecule has 4 N–H and O–H groups in total. The molecule has 0 radical (unpaired) electrons. The number of hydrogen-bond acceptors (Lipinski definition) is 2. The number of nitrogens with two attached hydrogens (primary N) is 2. The molecule has 0 aromatic heterocycles. The Kier molecular flexibility index (Phi) is 3.62. The van der Waals surface area contributed by atoms with Gasteiger partial charge >= 0.3 is 0 Å². The van der Waals surface area contributed by atoms with E-state index in [1.54, 1.807) is 0 Å². The van der Waals surface area contributed by atoms with Crippen molar-refractivity contribution in [2.45, 2.75) is 27.2 Å². The summed E-state index contributed by atoms with van der Waals surface area (Å²) in [7, 11) is 0. The van der Waals surface area contributed by atoms with Crippen molar-refractivity contribution in [2.24, 2.45) is 11.5 Å². The maximum absolute atomic E-state index is 5.64. The van der Waals surface area contributed by atoms with E-state index >= 15 is 0 Å². The van der Waals surface area contributed by atoms with E-state index in [2.05, 4.69) is 0 Å². The summed E-state index contributed by atoms with van der Waals surface area (Å²) in [5, 5.41) is 0. The fraction of sp³-hybridized carbons (Fsp3) is 0.500. The van der Waals surface area contributed by atoms with Crippen LogP contribution in [-0.4, -0.2) is 0 Å². The van der Waals surface area contributed by atoms with Crippen LogP contribution in [0.15, 0.2) is 23.0 Å². The third-order valence-electron chi connectivity index (χ3n) is 1.33. The summed E-state index contributed by atoms with van der Waals surface area (Å²) in [6, 6.07) is 0. The molecule has 2 heteroatoms. The predicted molar refractivity (Wildman–Crippen MR) is 45.1 cm³/mol. The van der Waals surface area contributed by atoms with Crippen molar-refractivity contribution in [3.05, 3.63) is 23.0 Å². The van der Waals surface area contributed by atoms with E-state index in [9.17, 15) is 0 Å². The van der Waals surface area contributed by atoms with E-state index in [1.165, 1.54) is 0 Å². The van der Waals surface area contributed by atoms with Gasteiger partial charge in [-0.25, -0.2) is 0 Å². The summed E-state index contributed by atoms with van der Waals surface area (Å²) < 4.78 is 0. The molecule has 0 unspecified atom stereocenters. The molecule has 0 aliphatic rings. The van der Waals surface area contributed by atoms with Crippen molar-refractivity contribution >= 4 is 0 Å². The molecule has 0 aromatic carbocycles. The molecule has 0 heterocycles. The molecule has 0 saturated carbocycles. The van der Waals surface area contributed by atoms with E-state index in [0.717, 1.165) is 23.4 Å². The van der Waals surface area contributed by atoms with Crippen LogP contribution in [0, 0.1) is 0 Å². The zero-order valence-corrected chi connectivity index (χ0v) is 6.94. The van der Waals surface area contributed by atoms with Gasteiger partial charge in [-0.3, -0.25) is 0 Å². The Hall–Kier alpha value is -0.920. The summed E-state index contributed by atoms with van der Waals surface area (Å²) in [6.45, 7) is 5.85. The van der Waals surface area contributed by atoms with E-state index in [-0.39, 0.29) is 0 Å². The Bertz CT molecular complexity index is 162. The third-order valence-corrected chi connectivity index (χ3v) is 1.33. The van der Waals surface area contributed by atoms with Gasteiger partial charge in [0.15, 0.2) is 0 Å². The van der Waals surface area contributed by atoms with Crippen molar-refractivity contribution in [1.82, 2.24) is 0 Å².